The minimum absolute atomic E-state index is 0.0612. The van der Waals surface area contributed by atoms with Crippen molar-refractivity contribution in [3.8, 4) is 0 Å². The van der Waals surface area contributed by atoms with Gasteiger partial charge >= 0.3 is 0 Å². The van der Waals surface area contributed by atoms with E-state index >= 15 is 0 Å². The van der Waals surface area contributed by atoms with E-state index in [0.29, 0.717) is 18.7 Å². The highest BCUT2D eigenvalue weighted by molar-refractivity contribution is 6.01. The summed E-state index contributed by atoms with van der Waals surface area (Å²) in [6, 6.07) is 12.7. The third-order valence-electron chi connectivity index (χ3n) is 4.81. The number of hydrogen-bond acceptors (Lipinski definition) is 3. The maximum atomic E-state index is 12.9. The molecule has 3 rings (SSSR count). The van der Waals surface area contributed by atoms with Crippen LogP contribution in [0.25, 0.3) is 0 Å². The smallest absolute Gasteiger partial charge is 0.255 e. The van der Waals surface area contributed by atoms with E-state index in [2.05, 4.69) is 10.3 Å². The second-order valence-corrected chi connectivity index (χ2v) is 6.46. The Bertz CT molecular complexity index is 761. The number of benzene rings is 1. The molecular formula is C20H23N3O2. The summed E-state index contributed by atoms with van der Waals surface area (Å²) in [7, 11) is 0. The predicted molar refractivity (Wildman–Crippen MR) is 95.6 cm³/mol. The van der Waals surface area contributed by atoms with Crippen LogP contribution in [-0.2, 0) is 17.9 Å². The van der Waals surface area contributed by atoms with Crippen molar-refractivity contribution in [1.82, 2.24) is 15.2 Å². The highest BCUT2D eigenvalue weighted by atomic mass is 16.2. The molecule has 1 aliphatic rings. The van der Waals surface area contributed by atoms with Crippen LogP contribution >= 0.6 is 0 Å². The van der Waals surface area contributed by atoms with Gasteiger partial charge in [0.05, 0.1) is 12.2 Å². The summed E-state index contributed by atoms with van der Waals surface area (Å²) in [6.45, 7) is 4.90. The van der Waals surface area contributed by atoms with Gasteiger partial charge in [-0.2, -0.15) is 0 Å². The van der Waals surface area contributed by atoms with Gasteiger partial charge in [-0.1, -0.05) is 44.5 Å². The number of carbonyl (C=O) groups is 2. The summed E-state index contributed by atoms with van der Waals surface area (Å²) in [6.07, 6.45) is 2.52. The Hall–Kier alpha value is -2.69. The van der Waals surface area contributed by atoms with Gasteiger partial charge in [0.15, 0.2) is 0 Å². The summed E-state index contributed by atoms with van der Waals surface area (Å²) >= 11 is 0. The number of nitrogens with zero attached hydrogens (tertiary/aromatic N) is 2. The number of amides is 2. The molecule has 25 heavy (non-hydrogen) atoms. The van der Waals surface area contributed by atoms with Gasteiger partial charge in [0, 0.05) is 18.3 Å². The predicted octanol–water partition coefficient (Wildman–Crippen LogP) is 2.77. The number of fused-ring (bicyclic) bond motifs is 1. The van der Waals surface area contributed by atoms with Crippen molar-refractivity contribution < 1.29 is 9.59 Å². The van der Waals surface area contributed by atoms with Gasteiger partial charge in [0.1, 0.15) is 6.04 Å². The van der Waals surface area contributed by atoms with Crippen LogP contribution in [-0.4, -0.2) is 27.7 Å². The van der Waals surface area contributed by atoms with Crippen LogP contribution < -0.4 is 5.32 Å². The molecule has 0 bridgehead atoms. The number of nitrogens with one attached hydrogen (secondary N) is 1. The van der Waals surface area contributed by atoms with Gasteiger partial charge in [0.2, 0.25) is 5.91 Å². The summed E-state index contributed by atoms with van der Waals surface area (Å²) in [5, 5.41) is 2.94. The molecule has 0 unspecified atom stereocenters. The number of pyridine rings is 1. The molecule has 1 aromatic heterocycles. The number of rotatable bonds is 6. The monoisotopic (exact) mass is 337 g/mol. The maximum absolute atomic E-state index is 12.9. The third-order valence-corrected chi connectivity index (χ3v) is 4.81. The normalized spacial score (nSPS) is 15.6. The fourth-order valence-corrected chi connectivity index (χ4v) is 3.22. The minimum atomic E-state index is -0.478. The van der Waals surface area contributed by atoms with Crippen LogP contribution in [0.4, 0.5) is 0 Å². The second kappa shape index (κ2) is 7.47. The van der Waals surface area contributed by atoms with Gasteiger partial charge in [-0.3, -0.25) is 14.6 Å². The maximum Gasteiger partial charge on any atom is 0.255 e. The average Bonchev–Trinajstić information content (AvgIpc) is 2.97. The largest absolute Gasteiger partial charge is 0.349 e. The lowest BCUT2D eigenvalue weighted by atomic mass is 9.96. The van der Waals surface area contributed by atoms with Crippen molar-refractivity contribution in [1.29, 1.82) is 0 Å². The second-order valence-electron chi connectivity index (χ2n) is 6.46. The fourth-order valence-electron chi connectivity index (χ4n) is 3.22. The molecule has 2 heterocycles. The van der Waals surface area contributed by atoms with E-state index < -0.39 is 6.04 Å². The Morgan fingerprint density at radius 1 is 1.24 bits per heavy atom. The molecule has 1 aliphatic heterocycles. The summed E-state index contributed by atoms with van der Waals surface area (Å²) < 4.78 is 0. The molecule has 2 amide bonds. The number of hydrogen-bond donors (Lipinski definition) is 1. The Kier molecular flexibility index (Phi) is 5.12. The molecule has 0 aliphatic carbocycles. The Morgan fingerprint density at radius 2 is 2.00 bits per heavy atom. The Morgan fingerprint density at radius 3 is 2.68 bits per heavy atom. The zero-order chi connectivity index (χ0) is 17.8. The van der Waals surface area contributed by atoms with Crippen molar-refractivity contribution in [3.63, 3.8) is 0 Å². The molecule has 0 fully saturated rings. The van der Waals surface area contributed by atoms with Crippen LogP contribution in [0, 0.1) is 5.92 Å². The highest BCUT2D eigenvalue weighted by Crippen LogP contribution is 2.28. The minimum Gasteiger partial charge on any atom is -0.349 e. The van der Waals surface area contributed by atoms with Crippen LogP contribution in [0.3, 0.4) is 0 Å². The van der Waals surface area contributed by atoms with Gasteiger partial charge in [-0.05, 0) is 29.7 Å². The zero-order valence-electron chi connectivity index (χ0n) is 14.6. The van der Waals surface area contributed by atoms with Crippen molar-refractivity contribution in [2.45, 2.75) is 39.4 Å². The summed E-state index contributed by atoms with van der Waals surface area (Å²) in [4.78, 5) is 31.6. The van der Waals surface area contributed by atoms with E-state index in [1.165, 1.54) is 0 Å². The SMILES string of the molecule is CC[C@@H](C)[C@H](C(=O)NCc1ccccn1)N1Cc2ccccc2C1=O. The van der Waals surface area contributed by atoms with Crippen molar-refractivity contribution >= 4 is 11.8 Å². The number of aromatic nitrogens is 1. The van der Waals surface area contributed by atoms with Crippen LogP contribution in [0.5, 0.6) is 0 Å². The first-order chi connectivity index (χ1) is 12.1. The van der Waals surface area contributed by atoms with Crippen LogP contribution in [0.2, 0.25) is 0 Å². The van der Waals surface area contributed by atoms with Crippen molar-refractivity contribution in [2.24, 2.45) is 5.92 Å². The third kappa shape index (κ3) is 3.55. The molecule has 2 atom stereocenters. The van der Waals surface area contributed by atoms with Gasteiger partial charge < -0.3 is 10.2 Å². The summed E-state index contributed by atoms with van der Waals surface area (Å²) in [5.41, 5.74) is 2.49. The lowest BCUT2D eigenvalue weighted by Gasteiger charge is -2.31. The first kappa shape index (κ1) is 17.1. The molecule has 1 N–H and O–H groups in total. The molecular weight excluding hydrogens is 314 g/mol. The van der Waals surface area contributed by atoms with E-state index in [0.717, 1.165) is 17.7 Å². The molecule has 5 heteroatoms. The first-order valence-corrected chi connectivity index (χ1v) is 8.68. The molecule has 130 valence electrons. The van der Waals surface area contributed by atoms with Gasteiger partial charge in [0.25, 0.3) is 5.91 Å². The first-order valence-electron chi connectivity index (χ1n) is 8.68. The zero-order valence-corrected chi connectivity index (χ0v) is 14.6. The molecule has 2 aromatic rings. The standard InChI is InChI=1S/C20H23N3O2/c1-3-14(2)18(19(24)22-12-16-9-6-7-11-21-16)23-13-15-8-4-5-10-17(15)20(23)25/h4-11,14,18H,3,12-13H2,1-2H3,(H,22,24)/t14-,18-/m1/s1. The van der Waals surface area contributed by atoms with Gasteiger partial charge in [-0.15, -0.1) is 0 Å². The molecule has 0 saturated carbocycles. The van der Waals surface area contributed by atoms with Crippen molar-refractivity contribution in [3.05, 3.63) is 65.5 Å². The quantitative estimate of drug-likeness (QED) is 0.882. The molecule has 1 aromatic carbocycles. The van der Waals surface area contributed by atoms with E-state index in [4.69, 9.17) is 0 Å². The van der Waals surface area contributed by atoms with Gasteiger partial charge in [-0.25, -0.2) is 0 Å². The van der Waals surface area contributed by atoms with E-state index in [9.17, 15) is 9.59 Å². The Balaban J connectivity index is 1.76. The molecule has 0 radical (unpaired) electrons. The van der Waals surface area contributed by atoms with E-state index in [1.807, 2.05) is 56.3 Å². The van der Waals surface area contributed by atoms with Crippen molar-refractivity contribution in [2.75, 3.05) is 0 Å². The van der Waals surface area contributed by atoms with Crippen LogP contribution in [0.15, 0.2) is 48.7 Å². The topological polar surface area (TPSA) is 62.3 Å². The Labute approximate surface area is 148 Å². The lowest BCUT2D eigenvalue weighted by molar-refractivity contribution is -0.127. The molecule has 0 saturated heterocycles. The van der Waals surface area contributed by atoms with E-state index in [-0.39, 0.29) is 17.7 Å². The number of carbonyl (C=O) groups excluding carboxylic acids is 2. The fraction of sp³-hybridized carbons (Fsp3) is 0.350. The summed E-state index contributed by atoms with van der Waals surface area (Å²) in [5.74, 6) is -0.114. The van der Waals surface area contributed by atoms with E-state index in [1.54, 1.807) is 11.1 Å². The van der Waals surface area contributed by atoms with Crippen LogP contribution in [0.1, 0.15) is 41.9 Å². The average molecular weight is 337 g/mol. The molecule has 0 spiro atoms. The lowest BCUT2D eigenvalue weighted by Crippen LogP contribution is -2.50. The highest BCUT2D eigenvalue weighted by Gasteiger charge is 2.38. The molecule has 5 nitrogen and oxygen atoms in total.